The number of nitrogens with zero attached hydrogens (tertiary/aromatic N) is 2. The van der Waals surface area contributed by atoms with Gasteiger partial charge in [-0.1, -0.05) is 0 Å². The molecule has 0 bridgehead atoms. The summed E-state index contributed by atoms with van der Waals surface area (Å²) in [5.41, 5.74) is 10.0. The van der Waals surface area contributed by atoms with Crippen LogP contribution in [0.25, 0.3) is 0 Å². The second-order valence-electron chi connectivity index (χ2n) is 7.58. The van der Waals surface area contributed by atoms with Crippen molar-refractivity contribution >= 4 is 23.4 Å². The number of carbonyl (C=O) groups is 3. The number of hydrogen-bond donors (Lipinski definition) is 3. The van der Waals surface area contributed by atoms with Crippen LogP contribution in [0.15, 0.2) is 58.3 Å². The third kappa shape index (κ3) is 4.80. The molecule has 3 N–H and O–H groups in total. The third-order valence-corrected chi connectivity index (χ3v) is 5.41. The van der Waals surface area contributed by atoms with Crippen LogP contribution in [0.1, 0.15) is 61.0 Å². The number of amides is 3. The molecule has 0 unspecified atom stereocenters. The zero-order valence-electron chi connectivity index (χ0n) is 18.7. The minimum atomic E-state index is -0.587. The van der Waals surface area contributed by atoms with E-state index in [9.17, 15) is 14.4 Å². The first-order valence-electron chi connectivity index (χ1n) is 10.6. The smallest absolute Gasteiger partial charge is 0.305 e. The zero-order chi connectivity index (χ0) is 24.1. The highest BCUT2D eigenvalue weighted by Crippen LogP contribution is 2.29. The molecule has 0 atom stereocenters. The van der Waals surface area contributed by atoms with Crippen LogP contribution in [-0.4, -0.2) is 35.5 Å². The molecular formula is C24H23N5O5. The average molecular weight is 461 g/mol. The van der Waals surface area contributed by atoms with Crippen molar-refractivity contribution in [1.82, 2.24) is 21.3 Å². The molecule has 10 heteroatoms. The number of aromatic nitrogens is 1. The van der Waals surface area contributed by atoms with E-state index in [-0.39, 0.29) is 11.7 Å². The summed E-state index contributed by atoms with van der Waals surface area (Å²) >= 11 is 0. The van der Waals surface area contributed by atoms with E-state index in [4.69, 9.17) is 9.15 Å². The van der Waals surface area contributed by atoms with Crippen molar-refractivity contribution in [3.63, 3.8) is 0 Å². The van der Waals surface area contributed by atoms with Crippen LogP contribution in [0.3, 0.4) is 0 Å². The number of nitrogens with one attached hydrogen (secondary N) is 3. The van der Waals surface area contributed by atoms with Crippen molar-refractivity contribution in [3.8, 4) is 5.75 Å². The van der Waals surface area contributed by atoms with Gasteiger partial charge >= 0.3 is 5.91 Å². The maximum absolute atomic E-state index is 12.7. The lowest BCUT2D eigenvalue weighted by molar-refractivity contribution is 0.0829. The fraction of sp³-hybridized carbons (Fsp3) is 0.208. The monoisotopic (exact) mass is 461 g/mol. The van der Waals surface area contributed by atoms with Gasteiger partial charge in [-0.2, -0.15) is 5.10 Å². The van der Waals surface area contributed by atoms with E-state index in [0.29, 0.717) is 52.3 Å². The van der Waals surface area contributed by atoms with Crippen LogP contribution >= 0.6 is 0 Å². The van der Waals surface area contributed by atoms with Crippen molar-refractivity contribution in [3.05, 3.63) is 82.6 Å². The van der Waals surface area contributed by atoms with Crippen molar-refractivity contribution in [2.45, 2.75) is 26.2 Å². The van der Waals surface area contributed by atoms with Crippen molar-refractivity contribution < 1.29 is 23.5 Å². The molecule has 1 aromatic carbocycles. The van der Waals surface area contributed by atoms with Gasteiger partial charge < -0.3 is 9.15 Å². The van der Waals surface area contributed by atoms with Crippen LogP contribution in [0.5, 0.6) is 5.75 Å². The van der Waals surface area contributed by atoms with Gasteiger partial charge in [0, 0.05) is 41.1 Å². The summed E-state index contributed by atoms with van der Waals surface area (Å²) in [5, 5.41) is 4.31. The summed E-state index contributed by atoms with van der Waals surface area (Å²) in [7, 11) is 1.55. The van der Waals surface area contributed by atoms with Crippen LogP contribution in [0.4, 0.5) is 0 Å². The summed E-state index contributed by atoms with van der Waals surface area (Å²) in [4.78, 5) is 41.2. The summed E-state index contributed by atoms with van der Waals surface area (Å²) in [6.07, 6.45) is 4.98. The van der Waals surface area contributed by atoms with Crippen molar-refractivity contribution in [1.29, 1.82) is 0 Å². The lowest BCUT2D eigenvalue weighted by Gasteiger charge is -2.13. The molecule has 0 saturated carbocycles. The van der Waals surface area contributed by atoms with Gasteiger partial charge in [-0.15, -0.1) is 0 Å². The molecule has 10 nitrogen and oxygen atoms in total. The molecule has 2 aromatic heterocycles. The summed E-state index contributed by atoms with van der Waals surface area (Å²) in [6.45, 7) is 1.74. The predicted molar refractivity (Wildman–Crippen MR) is 123 cm³/mol. The first-order valence-corrected chi connectivity index (χ1v) is 10.6. The average Bonchev–Trinajstić information content (AvgIpc) is 3.23. The normalized spacial score (nSPS) is 13.6. The molecule has 3 aromatic rings. The number of furan rings is 1. The fourth-order valence-corrected chi connectivity index (χ4v) is 3.67. The standard InChI is InChI=1S/C24H23N5O5/c1-14-20-18(26-27-22(30)15-6-8-17(33-2)9-7-15)4-3-5-19(20)34-21(14)24(32)29-28-23(31)16-10-12-25-13-11-16/h6-13H,3-5H2,1-2H3,(H,27,30)(H,28,31)(H,29,32)/b26-18+. The van der Waals surface area contributed by atoms with Gasteiger partial charge in [0.15, 0.2) is 5.76 Å². The Morgan fingerprint density at radius 1 is 0.941 bits per heavy atom. The molecule has 4 rings (SSSR count). The van der Waals surface area contributed by atoms with E-state index in [1.807, 2.05) is 0 Å². The second kappa shape index (κ2) is 9.99. The lowest BCUT2D eigenvalue weighted by Crippen LogP contribution is -2.41. The molecule has 34 heavy (non-hydrogen) atoms. The third-order valence-electron chi connectivity index (χ3n) is 5.41. The number of fused-ring (bicyclic) bond motifs is 1. The van der Waals surface area contributed by atoms with Gasteiger partial charge in [0.25, 0.3) is 11.8 Å². The number of pyridine rings is 1. The maximum atomic E-state index is 12.7. The first kappa shape index (κ1) is 22.7. The van der Waals surface area contributed by atoms with Crippen LogP contribution in [0.2, 0.25) is 0 Å². The highest BCUT2D eigenvalue weighted by atomic mass is 16.5. The minimum Gasteiger partial charge on any atom is -0.497 e. The predicted octanol–water partition coefficient (Wildman–Crippen LogP) is 2.54. The molecular weight excluding hydrogens is 438 g/mol. The number of ether oxygens (including phenoxy) is 1. The number of benzene rings is 1. The van der Waals surface area contributed by atoms with E-state index >= 15 is 0 Å². The Kier molecular flexibility index (Phi) is 6.67. The van der Waals surface area contributed by atoms with Crippen molar-refractivity contribution in [2.24, 2.45) is 5.10 Å². The topological polar surface area (TPSA) is 135 Å². The summed E-state index contributed by atoms with van der Waals surface area (Å²) in [5.74, 6) is -0.0798. The number of hydrazine groups is 1. The SMILES string of the molecule is COc1ccc(C(=O)N/N=C2\CCCc3oc(C(=O)NNC(=O)c4ccncc4)c(C)c32)cc1. The van der Waals surface area contributed by atoms with E-state index in [1.54, 1.807) is 38.3 Å². The maximum Gasteiger partial charge on any atom is 0.305 e. The molecule has 0 spiro atoms. The van der Waals surface area contributed by atoms with E-state index in [1.165, 1.54) is 24.5 Å². The Bertz CT molecular complexity index is 1250. The molecule has 1 aliphatic rings. The highest BCUT2D eigenvalue weighted by Gasteiger charge is 2.28. The van der Waals surface area contributed by atoms with Gasteiger partial charge in [0.1, 0.15) is 11.5 Å². The van der Waals surface area contributed by atoms with Gasteiger partial charge in [0.05, 0.1) is 12.8 Å². The Morgan fingerprint density at radius 2 is 1.62 bits per heavy atom. The molecule has 0 radical (unpaired) electrons. The Balaban J connectivity index is 1.47. The Morgan fingerprint density at radius 3 is 2.32 bits per heavy atom. The summed E-state index contributed by atoms with van der Waals surface area (Å²) < 4.78 is 10.9. The molecule has 2 heterocycles. The highest BCUT2D eigenvalue weighted by molar-refractivity contribution is 6.07. The van der Waals surface area contributed by atoms with E-state index < -0.39 is 11.8 Å². The zero-order valence-corrected chi connectivity index (χ0v) is 18.7. The van der Waals surface area contributed by atoms with Gasteiger partial charge in [-0.3, -0.25) is 30.2 Å². The molecule has 0 fully saturated rings. The van der Waals surface area contributed by atoms with Gasteiger partial charge in [-0.05, 0) is 56.2 Å². The molecule has 0 saturated heterocycles. The minimum absolute atomic E-state index is 0.0797. The number of methoxy groups -OCH3 is 1. The van der Waals surface area contributed by atoms with Crippen molar-refractivity contribution in [2.75, 3.05) is 7.11 Å². The van der Waals surface area contributed by atoms with E-state index in [2.05, 4.69) is 26.4 Å². The number of hydrogen-bond acceptors (Lipinski definition) is 7. The number of rotatable bonds is 5. The first-order chi connectivity index (χ1) is 16.5. The number of carbonyl (C=O) groups excluding carboxylic acids is 3. The van der Waals surface area contributed by atoms with Crippen LogP contribution in [0, 0.1) is 6.92 Å². The largest absolute Gasteiger partial charge is 0.497 e. The number of aryl methyl sites for hydroxylation is 1. The van der Waals surface area contributed by atoms with E-state index in [0.717, 1.165) is 6.42 Å². The fourth-order valence-electron chi connectivity index (χ4n) is 3.67. The van der Waals surface area contributed by atoms with Gasteiger partial charge in [0.2, 0.25) is 0 Å². The molecule has 3 amide bonds. The number of hydrazone groups is 1. The second-order valence-corrected chi connectivity index (χ2v) is 7.58. The van der Waals surface area contributed by atoms with Gasteiger partial charge in [-0.25, -0.2) is 5.43 Å². The molecule has 0 aliphatic heterocycles. The lowest BCUT2D eigenvalue weighted by atomic mass is 9.93. The van der Waals surface area contributed by atoms with Crippen LogP contribution in [-0.2, 0) is 6.42 Å². The van der Waals surface area contributed by atoms with Crippen LogP contribution < -0.4 is 21.0 Å². The Hall–Kier alpha value is -4.47. The Labute approximate surface area is 195 Å². The molecule has 174 valence electrons. The quantitative estimate of drug-likeness (QED) is 0.500. The summed E-state index contributed by atoms with van der Waals surface area (Å²) in [6, 6.07) is 9.74. The molecule has 1 aliphatic carbocycles.